The molecule has 1 unspecified atom stereocenters. The number of rotatable bonds is 5. The molecule has 0 radical (unpaired) electrons. The van der Waals surface area contributed by atoms with Crippen molar-refractivity contribution in [2.24, 2.45) is 4.99 Å². The van der Waals surface area contributed by atoms with Crippen LogP contribution in [0.1, 0.15) is 37.7 Å². The van der Waals surface area contributed by atoms with Crippen LogP contribution in [0.5, 0.6) is 0 Å². The van der Waals surface area contributed by atoms with E-state index in [2.05, 4.69) is 47.8 Å². The number of H-pyrrole nitrogens is 1. The molecule has 1 aliphatic heterocycles. The first-order valence-electron chi connectivity index (χ1n) is 9.98. The van der Waals surface area contributed by atoms with Gasteiger partial charge >= 0.3 is 0 Å². The van der Waals surface area contributed by atoms with Gasteiger partial charge in [0.15, 0.2) is 11.8 Å². The second-order valence-corrected chi connectivity index (χ2v) is 7.52. The van der Waals surface area contributed by atoms with Gasteiger partial charge in [0.05, 0.1) is 0 Å². The van der Waals surface area contributed by atoms with Crippen LogP contribution in [0.4, 0.5) is 0 Å². The van der Waals surface area contributed by atoms with Crippen LogP contribution in [-0.4, -0.2) is 58.3 Å². The number of nitrogens with one attached hydrogen (secondary N) is 3. The van der Waals surface area contributed by atoms with E-state index in [9.17, 15) is 0 Å². The van der Waals surface area contributed by atoms with E-state index in [1.165, 1.54) is 50.5 Å². The summed E-state index contributed by atoms with van der Waals surface area (Å²) in [5.41, 5.74) is 2.23. The fraction of sp³-hybridized carbons (Fsp3) is 0.550. The average molecular weight is 495 g/mol. The van der Waals surface area contributed by atoms with Crippen LogP contribution >= 0.6 is 24.0 Å². The maximum atomic E-state index is 4.41. The van der Waals surface area contributed by atoms with E-state index in [0.29, 0.717) is 6.04 Å². The summed E-state index contributed by atoms with van der Waals surface area (Å²) in [5, 5.41) is 13.9. The molecule has 8 heteroatoms. The Labute approximate surface area is 183 Å². The SMILES string of the molecule is CN=C(NCc1cccc(-c2ncn[nH]2)c1)NC1CCN(C2CCCC2)C1.I. The topological polar surface area (TPSA) is 81.2 Å². The third kappa shape index (κ3) is 5.22. The summed E-state index contributed by atoms with van der Waals surface area (Å²) >= 11 is 0. The molecule has 4 rings (SSSR count). The molecule has 1 saturated heterocycles. The summed E-state index contributed by atoms with van der Waals surface area (Å²) in [6.45, 7) is 3.06. The standard InChI is InChI=1S/C20H29N7.HI/c1-21-20(25-17-9-10-27(13-17)18-7-2-3-8-18)22-12-15-5-4-6-16(11-15)19-23-14-24-26-19;/h4-6,11,14,17-18H,2-3,7-10,12-13H2,1H3,(H2,21,22,25)(H,23,24,26);1H. The first-order valence-corrected chi connectivity index (χ1v) is 9.98. The minimum atomic E-state index is 0. The van der Waals surface area contributed by atoms with Gasteiger partial charge in [-0.3, -0.25) is 15.0 Å². The molecule has 2 aromatic rings. The van der Waals surface area contributed by atoms with Gasteiger partial charge in [-0.15, -0.1) is 24.0 Å². The van der Waals surface area contributed by atoms with Gasteiger partial charge in [0.2, 0.25) is 0 Å². The molecule has 7 nitrogen and oxygen atoms in total. The molecule has 1 saturated carbocycles. The molecule has 1 aromatic heterocycles. The van der Waals surface area contributed by atoms with E-state index in [-0.39, 0.29) is 24.0 Å². The van der Waals surface area contributed by atoms with Crippen LogP contribution < -0.4 is 10.6 Å². The van der Waals surface area contributed by atoms with Crippen LogP contribution in [0.3, 0.4) is 0 Å². The van der Waals surface area contributed by atoms with Crippen molar-refractivity contribution < 1.29 is 0 Å². The van der Waals surface area contributed by atoms with Crippen molar-refractivity contribution in [1.82, 2.24) is 30.7 Å². The summed E-state index contributed by atoms with van der Waals surface area (Å²) in [4.78, 5) is 11.3. The van der Waals surface area contributed by atoms with Gasteiger partial charge in [-0.1, -0.05) is 31.0 Å². The Morgan fingerprint density at radius 3 is 2.89 bits per heavy atom. The van der Waals surface area contributed by atoms with Crippen LogP contribution in [-0.2, 0) is 6.54 Å². The Kier molecular flexibility index (Phi) is 7.66. The van der Waals surface area contributed by atoms with Crippen molar-refractivity contribution >= 4 is 29.9 Å². The van der Waals surface area contributed by atoms with Gasteiger partial charge in [0.25, 0.3) is 0 Å². The van der Waals surface area contributed by atoms with Gasteiger partial charge in [-0.25, -0.2) is 4.98 Å². The maximum absolute atomic E-state index is 4.41. The highest BCUT2D eigenvalue weighted by Crippen LogP contribution is 2.26. The number of guanidine groups is 1. The maximum Gasteiger partial charge on any atom is 0.191 e. The zero-order valence-corrected chi connectivity index (χ0v) is 18.7. The number of aromatic nitrogens is 3. The summed E-state index contributed by atoms with van der Waals surface area (Å²) in [6, 6.07) is 9.60. The molecule has 2 aliphatic rings. The molecular weight excluding hydrogens is 465 g/mol. The third-order valence-electron chi connectivity index (χ3n) is 5.70. The van der Waals surface area contributed by atoms with E-state index in [1.54, 1.807) is 0 Å². The van der Waals surface area contributed by atoms with Crippen LogP contribution in [0.25, 0.3) is 11.4 Å². The Hall–Kier alpha value is -1.68. The lowest BCUT2D eigenvalue weighted by molar-refractivity contribution is 0.242. The van der Waals surface area contributed by atoms with Gasteiger partial charge in [0.1, 0.15) is 6.33 Å². The van der Waals surface area contributed by atoms with Crippen molar-refractivity contribution in [2.75, 3.05) is 20.1 Å². The number of benzene rings is 1. The van der Waals surface area contributed by atoms with Crippen LogP contribution in [0, 0.1) is 0 Å². The predicted octanol–water partition coefficient (Wildman–Crippen LogP) is 2.77. The highest BCUT2D eigenvalue weighted by molar-refractivity contribution is 14.0. The summed E-state index contributed by atoms with van der Waals surface area (Å²) < 4.78 is 0. The lowest BCUT2D eigenvalue weighted by atomic mass is 10.1. The zero-order chi connectivity index (χ0) is 18.5. The Bertz CT molecular complexity index is 756. The van der Waals surface area contributed by atoms with Crippen molar-refractivity contribution in [2.45, 2.75) is 50.7 Å². The van der Waals surface area contributed by atoms with E-state index >= 15 is 0 Å². The van der Waals surface area contributed by atoms with Crippen molar-refractivity contribution in [3.8, 4) is 11.4 Å². The summed E-state index contributed by atoms with van der Waals surface area (Å²) in [5.74, 6) is 1.66. The van der Waals surface area contributed by atoms with Crippen LogP contribution in [0.2, 0.25) is 0 Å². The molecule has 1 aliphatic carbocycles. The minimum absolute atomic E-state index is 0. The summed E-state index contributed by atoms with van der Waals surface area (Å²) in [7, 11) is 1.84. The van der Waals surface area contributed by atoms with E-state index < -0.39 is 0 Å². The second-order valence-electron chi connectivity index (χ2n) is 7.52. The molecule has 3 N–H and O–H groups in total. The summed E-state index contributed by atoms with van der Waals surface area (Å²) in [6.07, 6.45) is 8.27. The quantitative estimate of drug-likeness (QED) is 0.338. The van der Waals surface area contributed by atoms with E-state index in [1.807, 2.05) is 19.2 Å². The number of hydrogen-bond donors (Lipinski definition) is 3. The Balaban J connectivity index is 0.00000225. The molecule has 28 heavy (non-hydrogen) atoms. The van der Waals surface area contributed by atoms with E-state index in [0.717, 1.165) is 36.5 Å². The number of nitrogens with zero attached hydrogens (tertiary/aromatic N) is 4. The van der Waals surface area contributed by atoms with Gasteiger partial charge in [-0.05, 0) is 30.9 Å². The molecule has 152 valence electrons. The highest BCUT2D eigenvalue weighted by Gasteiger charge is 2.30. The first kappa shape index (κ1) is 21.0. The smallest absolute Gasteiger partial charge is 0.191 e. The van der Waals surface area contributed by atoms with Gasteiger partial charge in [0, 0.05) is 44.3 Å². The molecule has 0 bridgehead atoms. The molecule has 1 atom stereocenters. The molecule has 0 amide bonds. The Morgan fingerprint density at radius 2 is 2.14 bits per heavy atom. The minimum Gasteiger partial charge on any atom is -0.352 e. The number of halogens is 1. The highest BCUT2D eigenvalue weighted by atomic mass is 127. The second kappa shape index (κ2) is 10.2. The van der Waals surface area contributed by atoms with Crippen molar-refractivity contribution in [3.63, 3.8) is 0 Å². The molecule has 2 heterocycles. The monoisotopic (exact) mass is 495 g/mol. The number of aliphatic imine (C=N–C) groups is 1. The number of likely N-dealkylation sites (tertiary alicyclic amines) is 1. The third-order valence-corrected chi connectivity index (χ3v) is 5.70. The fourth-order valence-electron chi connectivity index (χ4n) is 4.25. The fourth-order valence-corrected chi connectivity index (χ4v) is 4.25. The van der Waals surface area contributed by atoms with Crippen LogP contribution in [0.15, 0.2) is 35.6 Å². The first-order chi connectivity index (χ1) is 13.3. The lowest BCUT2D eigenvalue weighted by Crippen LogP contribution is -2.45. The normalized spacial score (nSPS) is 20.9. The number of hydrogen-bond acceptors (Lipinski definition) is 4. The van der Waals surface area contributed by atoms with Gasteiger partial charge < -0.3 is 10.6 Å². The average Bonchev–Trinajstić information content (AvgIpc) is 3.47. The largest absolute Gasteiger partial charge is 0.352 e. The van der Waals surface area contributed by atoms with Crippen molar-refractivity contribution in [1.29, 1.82) is 0 Å². The number of aromatic amines is 1. The zero-order valence-electron chi connectivity index (χ0n) is 16.4. The van der Waals surface area contributed by atoms with E-state index in [4.69, 9.17) is 0 Å². The van der Waals surface area contributed by atoms with Gasteiger partial charge in [-0.2, -0.15) is 5.10 Å². The Morgan fingerprint density at radius 1 is 1.29 bits per heavy atom. The van der Waals surface area contributed by atoms with Crippen molar-refractivity contribution in [3.05, 3.63) is 36.2 Å². The molecular formula is C20H30IN7. The predicted molar refractivity (Wildman–Crippen MR) is 123 cm³/mol. The molecule has 0 spiro atoms. The molecule has 2 fully saturated rings. The lowest BCUT2D eigenvalue weighted by Gasteiger charge is -2.24. The molecule has 1 aromatic carbocycles.